The normalized spacial score (nSPS) is 14.4. The molecule has 3 N–H and O–H groups in total. The summed E-state index contributed by atoms with van der Waals surface area (Å²) in [6.07, 6.45) is 39.3. The Labute approximate surface area is 322 Å². The van der Waals surface area contributed by atoms with Crippen LogP contribution in [-0.2, 0) is 32.7 Å². The van der Waals surface area contributed by atoms with Gasteiger partial charge in [-0.3, -0.25) is 18.6 Å². The van der Waals surface area contributed by atoms with Crippen LogP contribution in [0.1, 0.15) is 168 Å². The summed E-state index contributed by atoms with van der Waals surface area (Å²) in [7, 11) is -4.62. The maximum Gasteiger partial charge on any atom is 0.472 e. The van der Waals surface area contributed by atoms with Gasteiger partial charge in [0.1, 0.15) is 12.7 Å². The topological polar surface area (TPSA) is 149 Å². The van der Waals surface area contributed by atoms with Crippen LogP contribution in [0.25, 0.3) is 0 Å². The molecule has 0 fully saturated rings. The average molecular weight is 771 g/mol. The molecule has 0 aromatic carbocycles. The van der Waals surface area contributed by atoms with Gasteiger partial charge < -0.3 is 24.6 Å². The van der Waals surface area contributed by atoms with Crippen molar-refractivity contribution in [3.8, 4) is 0 Å². The Bertz CT molecular complexity index is 1030. The minimum Gasteiger partial charge on any atom is -0.462 e. The zero-order valence-corrected chi connectivity index (χ0v) is 34.1. The van der Waals surface area contributed by atoms with Crippen molar-refractivity contribution in [3.05, 3.63) is 48.6 Å². The van der Waals surface area contributed by atoms with Crippen molar-refractivity contribution in [2.24, 2.45) is 0 Å². The molecule has 0 rings (SSSR count). The van der Waals surface area contributed by atoms with E-state index in [2.05, 4.69) is 67.0 Å². The number of allylic oxidation sites excluding steroid dienone is 8. The van der Waals surface area contributed by atoms with Crippen molar-refractivity contribution >= 4 is 19.8 Å². The van der Waals surface area contributed by atoms with E-state index in [9.17, 15) is 24.2 Å². The third-order valence-corrected chi connectivity index (χ3v) is 9.41. The summed E-state index contributed by atoms with van der Waals surface area (Å²) in [5, 5.41) is 18.3. The lowest BCUT2D eigenvalue weighted by atomic mass is 10.1. The van der Waals surface area contributed by atoms with Crippen LogP contribution >= 0.6 is 7.82 Å². The molecule has 10 nitrogen and oxygen atoms in total. The molecule has 0 saturated carbocycles. The van der Waals surface area contributed by atoms with E-state index in [4.69, 9.17) is 19.1 Å². The predicted molar refractivity (Wildman–Crippen MR) is 214 cm³/mol. The minimum atomic E-state index is -4.62. The zero-order chi connectivity index (χ0) is 39.1. The lowest BCUT2D eigenvalue weighted by Gasteiger charge is -2.20. The van der Waals surface area contributed by atoms with Gasteiger partial charge in [-0.25, -0.2) is 4.57 Å². The highest BCUT2D eigenvalue weighted by Gasteiger charge is 2.27. The number of hydrogen-bond acceptors (Lipinski definition) is 9. The van der Waals surface area contributed by atoms with E-state index < -0.39 is 51.8 Å². The molecule has 53 heavy (non-hydrogen) atoms. The van der Waals surface area contributed by atoms with Gasteiger partial charge in [-0.2, -0.15) is 0 Å². The summed E-state index contributed by atoms with van der Waals surface area (Å²) in [5.74, 6) is -0.960. The van der Waals surface area contributed by atoms with E-state index in [0.717, 1.165) is 89.9 Å². The highest BCUT2D eigenvalue weighted by molar-refractivity contribution is 7.47. The number of esters is 2. The second kappa shape index (κ2) is 38.2. The van der Waals surface area contributed by atoms with Crippen molar-refractivity contribution in [2.75, 3.05) is 26.4 Å². The summed E-state index contributed by atoms with van der Waals surface area (Å²) < 4.78 is 32.6. The van der Waals surface area contributed by atoms with Crippen LogP contribution in [0.3, 0.4) is 0 Å². The summed E-state index contributed by atoms with van der Waals surface area (Å²) in [5.41, 5.74) is 0. The van der Waals surface area contributed by atoms with E-state index in [-0.39, 0.29) is 19.4 Å². The van der Waals surface area contributed by atoms with Gasteiger partial charge in [-0.05, 0) is 77.0 Å². The summed E-state index contributed by atoms with van der Waals surface area (Å²) >= 11 is 0. The molecule has 308 valence electrons. The first-order chi connectivity index (χ1) is 25.7. The third kappa shape index (κ3) is 38.0. The Kier molecular flexibility index (Phi) is 36.7. The molecule has 0 radical (unpaired) electrons. The fraction of sp³-hybridized carbons (Fsp3) is 0.762. The first-order valence-corrected chi connectivity index (χ1v) is 22.1. The van der Waals surface area contributed by atoms with Crippen LogP contribution in [0.4, 0.5) is 0 Å². The fourth-order valence-corrected chi connectivity index (χ4v) is 6.02. The van der Waals surface area contributed by atoms with Crippen molar-refractivity contribution in [2.45, 2.75) is 180 Å². The molecule has 0 aromatic heterocycles. The van der Waals surface area contributed by atoms with Gasteiger partial charge in [0.15, 0.2) is 6.10 Å². The minimum absolute atomic E-state index is 0.164. The van der Waals surface area contributed by atoms with Crippen LogP contribution in [0, 0.1) is 0 Å². The number of aliphatic hydroxyl groups excluding tert-OH is 2. The van der Waals surface area contributed by atoms with Gasteiger partial charge in [0.25, 0.3) is 0 Å². The molecule has 0 aliphatic heterocycles. The molecule has 0 aromatic rings. The molecule has 0 bridgehead atoms. The van der Waals surface area contributed by atoms with E-state index >= 15 is 0 Å². The highest BCUT2D eigenvalue weighted by atomic mass is 31.2. The second-order valence-electron chi connectivity index (χ2n) is 13.7. The van der Waals surface area contributed by atoms with Crippen LogP contribution < -0.4 is 0 Å². The Balaban J connectivity index is 4.39. The number of ether oxygens (including phenoxy) is 2. The van der Waals surface area contributed by atoms with Gasteiger partial charge in [0.05, 0.1) is 19.8 Å². The highest BCUT2D eigenvalue weighted by Crippen LogP contribution is 2.43. The lowest BCUT2D eigenvalue weighted by Crippen LogP contribution is -2.29. The Morgan fingerprint density at radius 2 is 0.981 bits per heavy atom. The molecular weight excluding hydrogens is 695 g/mol. The van der Waals surface area contributed by atoms with Gasteiger partial charge in [0.2, 0.25) is 0 Å². The molecule has 11 heteroatoms. The molecule has 0 saturated heterocycles. The number of rotatable bonds is 38. The Morgan fingerprint density at radius 3 is 1.45 bits per heavy atom. The molecule has 2 unspecified atom stereocenters. The number of unbranched alkanes of at least 4 members (excludes halogenated alkanes) is 16. The van der Waals surface area contributed by atoms with Crippen LogP contribution in [0.5, 0.6) is 0 Å². The maximum atomic E-state index is 12.6. The van der Waals surface area contributed by atoms with Crippen LogP contribution in [-0.4, -0.2) is 65.7 Å². The smallest absolute Gasteiger partial charge is 0.462 e. The van der Waals surface area contributed by atoms with Crippen LogP contribution in [0.15, 0.2) is 48.6 Å². The lowest BCUT2D eigenvalue weighted by molar-refractivity contribution is -0.161. The fourth-order valence-electron chi connectivity index (χ4n) is 5.23. The van der Waals surface area contributed by atoms with E-state index in [1.807, 2.05) is 0 Å². The Hall–Kier alpha value is -2.07. The molecule has 0 spiro atoms. The molecular formula is C42H75O10P. The quantitative estimate of drug-likeness (QED) is 0.0240. The third-order valence-electron chi connectivity index (χ3n) is 8.46. The molecule has 0 amide bonds. The number of carbonyl (C=O) groups is 2. The van der Waals surface area contributed by atoms with Crippen molar-refractivity contribution < 1.29 is 47.8 Å². The van der Waals surface area contributed by atoms with Crippen molar-refractivity contribution in [1.82, 2.24) is 0 Å². The van der Waals surface area contributed by atoms with E-state index in [0.29, 0.717) is 12.8 Å². The summed E-state index contributed by atoms with van der Waals surface area (Å²) in [6, 6.07) is 0. The van der Waals surface area contributed by atoms with Crippen molar-refractivity contribution in [3.63, 3.8) is 0 Å². The van der Waals surface area contributed by atoms with Gasteiger partial charge in [-0.15, -0.1) is 0 Å². The predicted octanol–water partition coefficient (Wildman–Crippen LogP) is 10.6. The van der Waals surface area contributed by atoms with Gasteiger partial charge in [-0.1, -0.05) is 127 Å². The molecule has 0 aliphatic carbocycles. The SMILES string of the molecule is CCCCC/C=C\C/C=C\CCCCCCCC(=O)OCC(COP(=O)(O)OC[C@@H](O)CO)OC(=O)CCCCCCC/C=C\C/C=C\CCCCC. The number of carbonyl (C=O) groups excluding carboxylic acids is 2. The summed E-state index contributed by atoms with van der Waals surface area (Å²) in [6.45, 7) is 2.28. The zero-order valence-electron chi connectivity index (χ0n) is 33.2. The summed E-state index contributed by atoms with van der Waals surface area (Å²) in [4.78, 5) is 34.9. The number of phosphoric acid groups is 1. The van der Waals surface area contributed by atoms with Gasteiger partial charge in [0, 0.05) is 12.8 Å². The monoisotopic (exact) mass is 771 g/mol. The largest absolute Gasteiger partial charge is 0.472 e. The number of hydrogen-bond donors (Lipinski definition) is 3. The standard InChI is InChI=1S/C42H75O10P/c1-3-5-7-9-11-13-15-17-19-21-23-25-27-29-31-33-41(45)49-37-40(38-51-53(47,48)50-36-39(44)35-43)52-42(46)34-32-30-28-26-24-22-20-18-16-14-12-10-8-6-4-2/h11-14,17-20,39-40,43-44H,3-10,15-16,21-38H2,1-2H3,(H,47,48)/b13-11-,14-12-,19-17-,20-18-/t39-,40?/m0/s1. The average Bonchev–Trinajstić information content (AvgIpc) is 3.14. The molecule has 0 aliphatic rings. The first-order valence-electron chi connectivity index (χ1n) is 20.6. The van der Waals surface area contributed by atoms with Crippen molar-refractivity contribution in [1.29, 1.82) is 0 Å². The second-order valence-corrected chi connectivity index (χ2v) is 15.1. The maximum absolute atomic E-state index is 12.6. The molecule has 3 atom stereocenters. The van der Waals surface area contributed by atoms with E-state index in [1.54, 1.807) is 0 Å². The van der Waals surface area contributed by atoms with E-state index in [1.165, 1.54) is 38.5 Å². The van der Waals surface area contributed by atoms with Crippen LogP contribution in [0.2, 0.25) is 0 Å². The number of aliphatic hydroxyl groups is 2. The number of phosphoric ester groups is 1. The Morgan fingerprint density at radius 1 is 0.566 bits per heavy atom. The first kappa shape index (κ1) is 50.9. The van der Waals surface area contributed by atoms with Gasteiger partial charge >= 0.3 is 19.8 Å². The molecule has 0 heterocycles.